The Morgan fingerprint density at radius 2 is 1.71 bits per heavy atom. The predicted octanol–water partition coefficient (Wildman–Crippen LogP) is 6.47. The van der Waals surface area contributed by atoms with Crippen molar-refractivity contribution in [3.05, 3.63) is 22.8 Å². The Balaban J connectivity index is 1.71. The van der Waals surface area contributed by atoms with Crippen LogP contribution in [0.15, 0.2) is 22.8 Å². The zero-order valence-corrected chi connectivity index (χ0v) is 24.5. The van der Waals surface area contributed by atoms with Crippen LogP contribution in [0, 0.1) is 39.4 Å². The van der Waals surface area contributed by atoms with Crippen LogP contribution in [0.1, 0.15) is 107 Å². The summed E-state index contributed by atoms with van der Waals surface area (Å²) in [5.74, 6) is -0.541. The summed E-state index contributed by atoms with van der Waals surface area (Å²) in [6.07, 6.45) is 7.09. The minimum atomic E-state index is -0.971. The lowest BCUT2D eigenvalue weighted by molar-refractivity contribution is -0.151. The summed E-state index contributed by atoms with van der Waals surface area (Å²) >= 11 is 0. The predicted molar refractivity (Wildman–Crippen MR) is 145 cm³/mol. The van der Waals surface area contributed by atoms with Gasteiger partial charge in [0.2, 0.25) is 0 Å². The number of rotatable bonds is 6. The number of fused-ring (bicyclic) bond motifs is 4. The summed E-state index contributed by atoms with van der Waals surface area (Å²) in [5, 5.41) is 9.31. The molecule has 4 rings (SSSR count). The summed E-state index contributed by atoms with van der Waals surface area (Å²) in [6.45, 7) is 16.1. The van der Waals surface area contributed by atoms with E-state index in [9.17, 15) is 24.3 Å². The topological polar surface area (TPSA) is 97.7 Å². The highest BCUT2D eigenvalue weighted by Crippen LogP contribution is 2.71. The first-order valence-corrected chi connectivity index (χ1v) is 14.4. The van der Waals surface area contributed by atoms with Gasteiger partial charge in [0.1, 0.15) is 11.9 Å². The Morgan fingerprint density at radius 3 is 2.32 bits per heavy atom. The summed E-state index contributed by atoms with van der Waals surface area (Å²) in [6, 6.07) is 0. The molecule has 4 aliphatic carbocycles. The quantitative estimate of drug-likeness (QED) is 0.314. The second kappa shape index (κ2) is 9.45. The van der Waals surface area contributed by atoms with E-state index in [4.69, 9.17) is 4.74 Å². The highest BCUT2D eigenvalue weighted by atomic mass is 16.5. The third kappa shape index (κ3) is 4.12. The second-order valence-corrected chi connectivity index (χ2v) is 13.9. The zero-order valence-electron chi connectivity index (χ0n) is 24.5. The van der Waals surface area contributed by atoms with Gasteiger partial charge in [0.15, 0.2) is 5.78 Å². The molecule has 7 atom stereocenters. The Hall–Kier alpha value is -2.24. The van der Waals surface area contributed by atoms with Gasteiger partial charge in [0.05, 0.1) is 0 Å². The first-order chi connectivity index (χ1) is 17.5. The van der Waals surface area contributed by atoms with Gasteiger partial charge in [-0.15, -0.1) is 0 Å². The van der Waals surface area contributed by atoms with Crippen molar-refractivity contribution in [3.8, 4) is 0 Å². The molecule has 0 heterocycles. The Labute approximate surface area is 227 Å². The number of carbonyl (C=O) groups is 4. The molecule has 0 spiro atoms. The van der Waals surface area contributed by atoms with E-state index < -0.39 is 17.5 Å². The van der Waals surface area contributed by atoms with E-state index in [1.807, 2.05) is 13.8 Å². The average molecular weight is 527 g/mol. The summed E-state index contributed by atoms with van der Waals surface area (Å²) in [4.78, 5) is 50.2. The monoisotopic (exact) mass is 526 g/mol. The number of esters is 1. The van der Waals surface area contributed by atoms with E-state index >= 15 is 0 Å². The fraction of sp³-hybridized carbons (Fsp3) is 0.750. The maximum absolute atomic E-state index is 14.0. The minimum Gasteiger partial charge on any atom is -0.478 e. The molecule has 4 aliphatic rings. The first kappa shape index (κ1) is 28.8. The summed E-state index contributed by atoms with van der Waals surface area (Å²) in [5.41, 5.74) is 1.55. The van der Waals surface area contributed by atoms with Crippen LogP contribution >= 0.6 is 0 Å². The molecular formula is C32H46O6. The number of hydrogen-bond donors (Lipinski definition) is 1. The van der Waals surface area contributed by atoms with Gasteiger partial charge in [-0.3, -0.25) is 14.4 Å². The molecule has 0 bridgehead atoms. The van der Waals surface area contributed by atoms with E-state index in [-0.39, 0.29) is 57.1 Å². The molecule has 38 heavy (non-hydrogen) atoms. The van der Waals surface area contributed by atoms with Crippen LogP contribution in [0.3, 0.4) is 0 Å². The Bertz CT molecular complexity index is 1130. The average Bonchev–Trinajstić information content (AvgIpc) is 3.11. The van der Waals surface area contributed by atoms with Crippen molar-refractivity contribution in [2.75, 3.05) is 0 Å². The number of carbonyl (C=O) groups excluding carboxylic acids is 3. The number of ketones is 2. The van der Waals surface area contributed by atoms with Crippen LogP contribution in [0.5, 0.6) is 0 Å². The maximum atomic E-state index is 14.0. The number of aliphatic carboxylic acids is 1. The number of Topliss-reactive ketones (excluding diaryl/α,β-unsaturated/α-hetero) is 2. The molecule has 2 saturated carbocycles. The molecule has 210 valence electrons. The number of allylic oxidation sites excluding steroid dienone is 2. The van der Waals surface area contributed by atoms with Crippen LogP contribution in [0.25, 0.3) is 0 Å². The lowest BCUT2D eigenvalue weighted by atomic mass is 9.43. The van der Waals surface area contributed by atoms with Gasteiger partial charge < -0.3 is 9.84 Å². The van der Waals surface area contributed by atoms with Crippen molar-refractivity contribution < 1.29 is 29.0 Å². The fourth-order valence-electron chi connectivity index (χ4n) is 9.27. The first-order valence-electron chi connectivity index (χ1n) is 14.4. The fourth-order valence-corrected chi connectivity index (χ4v) is 9.27. The molecule has 0 amide bonds. The van der Waals surface area contributed by atoms with Gasteiger partial charge in [0.25, 0.3) is 0 Å². The Kier molecular flexibility index (Phi) is 7.15. The van der Waals surface area contributed by atoms with Gasteiger partial charge in [-0.25, -0.2) is 4.79 Å². The molecule has 0 unspecified atom stereocenters. The number of ether oxygens (including phenoxy) is 1. The number of carboxylic acids is 1. The normalized spacial score (nSPS) is 38.2. The van der Waals surface area contributed by atoms with Crippen molar-refractivity contribution >= 4 is 23.5 Å². The molecule has 1 N–H and O–H groups in total. The third-order valence-electron chi connectivity index (χ3n) is 11.9. The van der Waals surface area contributed by atoms with Crippen molar-refractivity contribution in [1.29, 1.82) is 0 Å². The molecular weight excluding hydrogens is 480 g/mol. The highest BCUT2D eigenvalue weighted by molar-refractivity contribution is 6.00. The van der Waals surface area contributed by atoms with Gasteiger partial charge in [-0.05, 0) is 67.6 Å². The molecule has 0 radical (unpaired) electrons. The van der Waals surface area contributed by atoms with E-state index in [1.54, 1.807) is 13.0 Å². The second-order valence-electron chi connectivity index (χ2n) is 13.9. The van der Waals surface area contributed by atoms with Gasteiger partial charge >= 0.3 is 11.9 Å². The molecule has 0 aliphatic heterocycles. The van der Waals surface area contributed by atoms with Gasteiger partial charge in [-0.1, -0.05) is 53.2 Å². The molecule has 0 aromatic carbocycles. The summed E-state index contributed by atoms with van der Waals surface area (Å²) < 4.78 is 5.77. The zero-order chi connectivity index (χ0) is 28.4. The van der Waals surface area contributed by atoms with E-state index in [0.29, 0.717) is 19.3 Å². The molecule has 6 nitrogen and oxygen atoms in total. The van der Waals surface area contributed by atoms with Crippen LogP contribution in [-0.2, 0) is 23.9 Å². The van der Waals surface area contributed by atoms with Crippen LogP contribution < -0.4 is 0 Å². The molecule has 0 aromatic heterocycles. The standard InChI is InChI=1S/C32H46O6/c1-18(28(36)37)9-10-24(38-20(3)33)19(2)21-11-16-32(8)27-22(12-15-31(21,32)7)30(6)14-13-26(35)29(4,5)25(30)17-23(27)34/h9,19,21,24-25H,10-17H2,1-8H3,(H,36,37)/b18-9+/t19-,21+,24-,25-,30+,31+,32-/m0/s1. The highest BCUT2D eigenvalue weighted by Gasteiger charge is 2.65. The third-order valence-corrected chi connectivity index (χ3v) is 11.9. The molecule has 6 heteroatoms. The SMILES string of the molecule is CC(=O)O[C@@H](C/C=C(\C)C(=O)O)[C@@H](C)[C@H]1CC[C@@]2(C)C3=C(CC[C@]12C)[C@@]1(C)CCC(=O)C(C)(C)[C@@H]1CC3=O. The van der Waals surface area contributed by atoms with E-state index in [1.165, 1.54) is 12.5 Å². The number of hydrogen-bond acceptors (Lipinski definition) is 5. The number of carboxylic acid groups (broad SMARTS) is 1. The maximum Gasteiger partial charge on any atom is 0.330 e. The van der Waals surface area contributed by atoms with Crippen molar-refractivity contribution in [2.45, 2.75) is 113 Å². The van der Waals surface area contributed by atoms with Crippen LogP contribution in [-0.4, -0.2) is 34.7 Å². The van der Waals surface area contributed by atoms with Crippen molar-refractivity contribution in [3.63, 3.8) is 0 Å². The molecule has 0 saturated heterocycles. The largest absolute Gasteiger partial charge is 0.478 e. The molecule has 0 aromatic rings. The van der Waals surface area contributed by atoms with E-state index in [0.717, 1.165) is 37.7 Å². The lowest BCUT2D eigenvalue weighted by Crippen LogP contribution is -2.56. The summed E-state index contributed by atoms with van der Waals surface area (Å²) in [7, 11) is 0. The van der Waals surface area contributed by atoms with Gasteiger partial charge in [0, 0.05) is 48.2 Å². The van der Waals surface area contributed by atoms with Crippen LogP contribution in [0.2, 0.25) is 0 Å². The Morgan fingerprint density at radius 1 is 1.05 bits per heavy atom. The van der Waals surface area contributed by atoms with E-state index in [2.05, 4.69) is 27.7 Å². The smallest absolute Gasteiger partial charge is 0.330 e. The lowest BCUT2D eigenvalue weighted by Gasteiger charge is -2.60. The van der Waals surface area contributed by atoms with Gasteiger partial charge in [-0.2, -0.15) is 0 Å². The van der Waals surface area contributed by atoms with Crippen molar-refractivity contribution in [1.82, 2.24) is 0 Å². The van der Waals surface area contributed by atoms with Crippen LogP contribution in [0.4, 0.5) is 0 Å². The van der Waals surface area contributed by atoms with Crippen molar-refractivity contribution in [2.24, 2.45) is 39.4 Å². The minimum absolute atomic E-state index is 0.0129. The molecule has 2 fully saturated rings.